The van der Waals surface area contributed by atoms with Crippen LogP contribution in [0.15, 0.2) is 30.3 Å². The van der Waals surface area contributed by atoms with E-state index in [0.29, 0.717) is 12.0 Å². The van der Waals surface area contributed by atoms with Crippen molar-refractivity contribution in [3.8, 4) is 0 Å². The van der Waals surface area contributed by atoms with Crippen LogP contribution in [0.5, 0.6) is 0 Å². The van der Waals surface area contributed by atoms with Gasteiger partial charge in [0, 0.05) is 0 Å². The van der Waals surface area contributed by atoms with E-state index in [-0.39, 0.29) is 0 Å². The highest BCUT2D eigenvalue weighted by atomic mass is 19.4. The number of unbranched alkanes of at least 4 members (excludes halogenated alkanes) is 4. The predicted molar refractivity (Wildman–Crippen MR) is 78.4 cm³/mol. The van der Waals surface area contributed by atoms with Crippen molar-refractivity contribution in [2.24, 2.45) is 0 Å². The molecule has 5 heteroatoms. The normalized spacial score (nSPS) is 25.5. The lowest BCUT2D eigenvalue weighted by Crippen LogP contribution is -2.33. The zero-order valence-corrected chi connectivity index (χ0v) is 12.8. The van der Waals surface area contributed by atoms with Gasteiger partial charge in [-0.15, -0.1) is 0 Å². The molecule has 1 aliphatic heterocycles. The fraction of sp³-hybridized carbons (Fsp3) is 0.647. The second-order valence-corrected chi connectivity index (χ2v) is 5.70. The van der Waals surface area contributed by atoms with Crippen molar-refractivity contribution >= 4 is 0 Å². The van der Waals surface area contributed by atoms with Crippen LogP contribution in [0.1, 0.15) is 57.1 Å². The highest BCUT2D eigenvalue weighted by Gasteiger charge is 2.52. The highest BCUT2D eigenvalue weighted by Crippen LogP contribution is 2.42. The molecule has 0 unspecified atom stereocenters. The summed E-state index contributed by atoms with van der Waals surface area (Å²) in [4.78, 5) is 0. The molecule has 1 saturated heterocycles. The Bertz CT molecular complexity index is 433. The molecule has 2 nitrogen and oxygen atoms in total. The molecule has 0 aliphatic carbocycles. The molecule has 22 heavy (non-hydrogen) atoms. The van der Waals surface area contributed by atoms with E-state index in [4.69, 9.17) is 9.47 Å². The highest BCUT2D eigenvalue weighted by molar-refractivity contribution is 5.20. The molecule has 1 aromatic rings. The van der Waals surface area contributed by atoms with E-state index in [1.54, 1.807) is 30.3 Å². The topological polar surface area (TPSA) is 18.5 Å². The molecule has 0 aromatic heterocycles. The standard InChI is InChI=1S/C17H23F3O2/c1-2-3-4-5-9-12-14-21-15(13-10-7-6-8-11-13)16(22-14)17(18,19)20/h6-8,10-11,14-16H,2-5,9,12H2,1H3/t14-,15-,16+/m0/s1. The molecule has 2 rings (SSSR count). The van der Waals surface area contributed by atoms with E-state index in [9.17, 15) is 13.2 Å². The third kappa shape index (κ3) is 4.71. The van der Waals surface area contributed by atoms with Gasteiger partial charge in [-0.3, -0.25) is 0 Å². The number of rotatable bonds is 7. The maximum absolute atomic E-state index is 13.2. The van der Waals surface area contributed by atoms with Crippen molar-refractivity contribution in [3.63, 3.8) is 0 Å². The Kier molecular flexibility index (Phi) is 6.26. The largest absolute Gasteiger partial charge is 0.417 e. The molecule has 0 N–H and O–H groups in total. The van der Waals surface area contributed by atoms with E-state index < -0.39 is 24.7 Å². The molecule has 124 valence electrons. The summed E-state index contributed by atoms with van der Waals surface area (Å²) in [5.41, 5.74) is 0.512. The maximum Gasteiger partial charge on any atom is 0.417 e. The zero-order chi connectivity index (χ0) is 16.0. The Morgan fingerprint density at radius 2 is 1.64 bits per heavy atom. The van der Waals surface area contributed by atoms with Gasteiger partial charge in [-0.05, 0) is 18.4 Å². The summed E-state index contributed by atoms with van der Waals surface area (Å²) >= 11 is 0. The van der Waals surface area contributed by atoms with Gasteiger partial charge in [0.05, 0.1) is 0 Å². The molecule has 1 aliphatic rings. The Hall–Kier alpha value is -1.07. The van der Waals surface area contributed by atoms with Crippen molar-refractivity contribution in [1.82, 2.24) is 0 Å². The first-order valence-electron chi connectivity index (χ1n) is 7.95. The number of alkyl halides is 3. The molecule has 3 atom stereocenters. The van der Waals surface area contributed by atoms with Gasteiger partial charge in [-0.2, -0.15) is 13.2 Å². The van der Waals surface area contributed by atoms with Crippen molar-refractivity contribution < 1.29 is 22.6 Å². The van der Waals surface area contributed by atoms with Gasteiger partial charge >= 0.3 is 6.18 Å². The molecule has 1 heterocycles. The van der Waals surface area contributed by atoms with Gasteiger partial charge in [0.2, 0.25) is 0 Å². The van der Waals surface area contributed by atoms with E-state index in [2.05, 4.69) is 6.92 Å². The van der Waals surface area contributed by atoms with Crippen LogP contribution >= 0.6 is 0 Å². The van der Waals surface area contributed by atoms with E-state index in [1.165, 1.54) is 0 Å². The van der Waals surface area contributed by atoms with Crippen LogP contribution in [0.25, 0.3) is 0 Å². The van der Waals surface area contributed by atoms with E-state index in [0.717, 1.165) is 32.1 Å². The van der Waals surface area contributed by atoms with Gasteiger partial charge in [-0.1, -0.05) is 62.9 Å². The summed E-state index contributed by atoms with van der Waals surface area (Å²) in [6.45, 7) is 2.13. The molecular weight excluding hydrogens is 293 g/mol. The lowest BCUT2D eigenvalue weighted by atomic mass is 10.0. The number of benzene rings is 1. The average Bonchev–Trinajstić information content (AvgIpc) is 2.92. The third-order valence-electron chi connectivity index (χ3n) is 3.87. The fourth-order valence-corrected chi connectivity index (χ4v) is 2.70. The second-order valence-electron chi connectivity index (χ2n) is 5.70. The summed E-state index contributed by atoms with van der Waals surface area (Å²) in [5.74, 6) is 0. The van der Waals surface area contributed by atoms with Gasteiger partial charge in [0.1, 0.15) is 6.10 Å². The van der Waals surface area contributed by atoms with Crippen molar-refractivity contribution in [2.75, 3.05) is 0 Å². The third-order valence-corrected chi connectivity index (χ3v) is 3.87. The van der Waals surface area contributed by atoms with Gasteiger partial charge in [0.25, 0.3) is 0 Å². The molecule has 1 fully saturated rings. The Morgan fingerprint density at radius 3 is 2.27 bits per heavy atom. The smallest absolute Gasteiger partial charge is 0.342 e. The lowest BCUT2D eigenvalue weighted by molar-refractivity contribution is -0.219. The molecule has 0 saturated carbocycles. The van der Waals surface area contributed by atoms with E-state index >= 15 is 0 Å². The summed E-state index contributed by atoms with van der Waals surface area (Å²) in [6.07, 6.45) is -2.38. The minimum atomic E-state index is -4.42. The van der Waals surface area contributed by atoms with Crippen LogP contribution in [0.2, 0.25) is 0 Å². The van der Waals surface area contributed by atoms with Crippen molar-refractivity contribution in [2.45, 2.75) is 70.1 Å². The maximum atomic E-state index is 13.2. The number of halogens is 3. The lowest BCUT2D eigenvalue weighted by Gasteiger charge is -2.19. The second kappa shape index (κ2) is 7.97. The first kappa shape index (κ1) is 17.3. The van der Waals surface area contributed by atoms with Crippen LogP contribution in [-0.2, 0) is 9.47 Å². The number of hydrogen-bond acceptors (Lipinski definition) is 2. The minimum Gasteiger partial charge on any atom is -0.342 e. The Morgan fingerprint density at radius 1 is 0.955 bits per heavy atom. The van der Waals surface area contributed by atoms with Gasteiger partial charge < -0.3 is 9.47 Å². The van der Waals surface area contributed by atoms with Gasteiger partial charge in [-0.25, -0.2) is 0 Å². The minimum absolute atomic E-state index is 0.512. The summed E-state index contributed by atoms with van der Waals surface area (Å²) in [7, 11) is 0. The summed E-state index contributed by atoms with van der Waals surface area (Å²) < 4.78 is 50.2. The van der Waals surface area contributed by atoms with Crippen LogP contribution in [-0.4, -0.2) is 18.6 Å². The van der Waals surface area contributed by atoms with Crippen LogP contribution in [0.3, 0.4) is 0 Å². The Balaban J connectivity index is 1.94. The molecule has 0 radical (unpaired) electrons. The predicted octanol–water partition coefficient (Wildman–Crippen LogP) is 5.39. The van der Waals surface area contributed by atoms with Crippen molar-refractivity contribution in [1.29, 1.82) is 0 Å². The monoisotopic (exact) mass is 316 g/mol. The fourth-order valence-electron chi connectivity index (χ4n) is 2.70. The molecule has 0 bridgehead atoms. The quantitative estimate of drug-likeness (QED) is 0.628. The number of hydrogen-bond donors (Lipinski definition) is 0. The molecule has 1 aromatic carbocycles. The first-order chi connectivity index (χ1) is 10.5. The summed E-state index contributed by atoms with van der Waals surface area (Å²) in [6, 6.07) is 8.49. The van der Waals surface area contributed by atoms with Crippen LogP contribution < -0.4 is 0 Å². The summed E-state index contributed by atoms with van der Waals surface area (Å²) in [5, 5.41) is 0. The van der Waals surface area contributed by atoms with Crippen LogP contribution in [0.4, 0.5) is 13.2 Å². The van der Waals surface area contributed by atoms with Gasteiger partial charge in [0.15, 0.2) is 12.4 Å². The van der Waals surface area contributed by atoms with Crippen molar-refractivity contribution in [3.05, 3.63) is 35.9 Å². The van der Waals surface area contributed by atoms with Crippen LogP contribution in [0, 0.1) is 0 Å². The van der Waals surface area contributed by atoms with E-state index in [1.807, 2.05) is 0 Å². The molecule has 0 spiro atoms. The average molecular weight is 316 g/mol. The number of ether oxygens (including phenoxy) is 2. The SMILES string of the molecule is CCCCCCC[C@@H]1O[C@@H](C(F)(F)F)[C@H](c2ccccc2)O1. The molecular formula is C17H23F3O2. The zero-order valence-electron chi connectivity index (χ0n) is 12.8. The Labute approximate surface area is 129 Å². The molecule has 0 amide bonds. The first-order valence-corrected chi connectivity index (χ1v) is 7.95.